The molecule has 3 heteroatoms. The minimum absolute atomic E-state index is 0.131. The highest BCUT2D eigenvalue weighted by molar-refractivity contribution is 5.48. The maximum Gasteiger partial charge on any atom is 0.128 e. The third-order valence-corrected chi connectivity index (χ3v) is 2.53. The first kappa shape index (κ1) is 13.0. The van der Waals surface area contributed by atoms with E-state index in [9.17, 15) is 4.39 Å². The van der Waals surface area contributed by atoms with Crippen LogP contribution in [0.1, 0.15) is 19.4 Å². The number of halogens is 1. The number of aryl methyl sites for hydroxylation is 1. The smallest absolute Gasteiger partial charge is 0.128 e. The summed E-state index contributed by atoms with van der Waals surface area (Å²) in [5.41, 5.74) is 1.65. The van der Waals surface area contributed by atoms with E-state index in [1.54, 1.807) is 13.0 Å². The monoisotopic (exact) mass is 225 g/mol. The highest BCUT2D eigenvalue weighted by Crippen LogP contribution is 2.18. The van der Waals surface area contributed by atoms with E-state index in [0.717, 1.165) is 32.0 Å². The predicted molar refractivity (Wildman–Crippen MR) is 65.5 cm³/mol. The van der Waals surface area contributed by atoms with E-state index in [1.807, 2.05) is 26.0 Å². The molecule has 0 saturated carbocycles. The highest BCUT2D eigenvalue weighted by Gasteiger charge is 2.11. The van der Waals surface area contributed by atoms with Gasteiger partial charge in [0.15, 0.2) is 0 Å². The molecule has 0 amide bonds. The molecule has 0 aromatic heterocycles. The van der Waals surface area contributed by atoms with Gasteiger partial charge in [-0.15, -0.1) is 0 Å². The van der Waals surface area contributed by atoms with Gasteiger partial charge < -0.3 is 9.64 Å². The molecule has 0 radical (unpaired) electrons. The molecule has 1 saturated heterocycles. The first-order valence-corrected chi connectivity index (χ1v) is 5.86. The number of benzene rings is 1. The zero-order valence-corrected chi connectivity index (χ0v) is 10.3. The van der Waals surface area contributed by atoms with Crippen molar-refractivity contribution in [1.29, 1.82) is 0 Å². The number of nitrogens with zero attached hydrogens (tertiary/aromatic N) is 1. The summed E-state index contributed by atoms with van der Waals surface area (Å²) in [5.74, 6) is -0.131. The molecule has 1 aromatic carbocycles. The van der Waals surface area contributed by atoms with Crippen LogP contribution in [0.3, 0.4) is 0 Å². The fourth-order valence-corrected chi connectivity index (χ4v) is 1.60. The predicted octanol–water partition coefficient (Wildman–Crippen LogP) is 3.00. The largest absolute Gasteiger partial charge is 0.378 e. The number of hydrogen-bond acceptors (Lipinski definition) is 2. The van der Waals surface area contributed by atoms with Gasteiger partial charge in [-0.3, -0.25) is 0 Å². The fraction of sp³-hybridized carbons (Fsp3) is 0.538. The van der Waals surface area contributed by atoms with E-state index in [0.29, 0.717) is 5.56 Å². The van der Waals surface area contributed by atoms with Gasteiger partial charge >= 0.3 is 0 Å². The topological polar surface area (TPSA) is 12.5 Å². The van der Waals surface area contributed by atoms with Crippen LogP contribution in [0.2, 0.25) is 0 Å². The third-order valence-electron chi connectivity index (χ3n) is 2.53. The maximum absolute atomic E-state index is 13.3. The lowest BCUT2D eigenvalue weighted by Crippen LogP contribution is -2.36. The number of morpholine rings is 1. The molecule has 1 aliphatic heterocycles. The average molecular weight is 225 g/mol. The molecule has 1 heterocycles. The van der Waals surface area contributed by atoms with E-state index in [4.69, 9.17) is 4.74 Å². The summed E-state index contributed by atoms with van der Waals surface area (Å²) in [6.07, 6.45) is 0. The summed E-state index contributed by atoms with van der Waals surface area (Å²) >= 11 is 0. The number of rotatable bonds is 1. The molecule has 1 aromatic rings. The Morgan fingerprint density at radius 2 is 1.81 bits per heavy atom. The zero-order chi connectivity index (χ0) is 12.0. The Kier molecular flexibility index (Phi) is 5.26. The van der Waals surface area contributed by atoms with Crippen molar-refractivity contribution in [2.75, 3.05) is 31.2 Å². The first-order valence-electron chi connectivity index (χ1n) is 5.86. The van der Waals surface area contributed by atoms with Gasteiger partial charge in [0.05, 0.1) is 13.2 Å². The van der Waals surface area contributed by atoms with Gasteiger partial charge in [-0.05, 0) is 24.6 Å². The second kappa shape index (κ2) is 6.48. The van der Waals surface area contributed by atoms with E-state index in [-0.39, 0.29) is 5.82 Å². The van der Waals surface area contributed by atoms with E-state index >= 15 is 0 Å². The molecular weight excluding hydrogens is 205 g/mol. The summed E-state index contributed by atoms with van der Waals surface area (Å²) < 4.78 is 18.5. The van der Waals surface area contributed by atoms with E-state index < -0.39 is 0 Å². The number of hydrogen-bond donors (Lipinski definition) is 0. The summed E-state index contributed by atoms with van der Waals surface area (Å²) in [5, 5.41) is 0. The molecule has 1 fully saturated rings. The minimum Gasteiger partial charge on any atom is -0.378 e. The Balaban J connectivity index is 0.000000606. The summed E-state index contributed by atoms with van der Waals surface area (Å²) in [7, 11) is 0. The molecule has 0 atom stereocenters. The molecule has 2 nitrogen and oxygen atoms in total. The van der Waals surface area contributed by atoms with Gasteiger partial charge in [0.25, 0.3) is 0 Å². The lowest BCUT2D eigenvalue weighted by Gasteiger charge is -2.28. The van der Waals surface area contributed by atoms with Gasteiger partial charge in [0, 0.05) is 18.8 Å². The van der Waals surface area contributed by atoms with Crippen LogP contribution in [0.15, 0.2) is 18.2 Å². The Morgan fingerprint density at radius 3 is 2.38 bits per heavy atom. The van der Waals surface area contributed by atoms with Crippen molar-refractivity contribution in [3.8, 4) is 0 Å². The van der Waals surface area contributed by atoms with Crippen molar-refractivity contribution < 1.29 is 9.13 Å². The van der Waals surface area contributed by atoms with Gasteiger partial charge in [-0.2, -0.15) is 0 Å². The van der Waals surface area contributed by atoms with Crippen LogP contribution in [0.4, 0.5) is 10.1 Å². The van der Waals surface area contributed by atoms with Crippen molar-refractivity contribution in [2.45, 2.75) is 20.8 Å². The SMILES string of the molecule is CC.Cc1ccc(N2CCOCC2)cc1F. The van der Waals surface area contributed by atoms with Crippen LogP contribution in [0.25, 0.3) is 0 Å². The van der Waals surface area contributed by atoms with Gasteiger partial charge in [-0.25, -0.2) is 4.39 Å². The molecule has 0 aliphatic carbocycles. The summed E-state index contributed by atoms with van der Waals surface area (Å²) in [6.45, 7) is 8.94. The standard InChI is InChI=1S/C11H14FNO.C2H6/c1-9-2-3-10(8-11(9)12)13-4-6-14-7-5-13;1-2/h2-3,8H,4-7H2,1H3;1-2H3. The van der Waals surface area contributed by atoms with Crippen molar-refractivity contribution in [3.05, 3.63) is 29.6 Å². The number of anilines is 1. The lowest BCUT2D eigenvalue weighted by atomic mass is 10.2. The minimum atomic E-state index is -0.131. The van der Waals surface area contributed by atoms with Crippen molar-refractivity contribution >= 4 is 5.69 Å². The van der Waals surface area contributed by atoms with Crippen LogP contribution < -0.4 is 4.90 Å². The molecule has 16 heavy (non-hydrogen) atoms. The Labute approximate surface area is 97.0 Å². The van der Waals surface area contributed by atoms with Crippen molar-refractivity contribution in [2.24, 2.45) is 0 Å². The second-order valence-electron chi connectivity index (χ2n) is 3.53. The molecule has 90 valence electrons. The quantitative estimate of drug-likeness (QED) is 0.728. The second-order valence-corrected chi connectivity index (χ2v) is 3.53. The van der Waals surface area contributed by atoms with Crippen LogP contribution in [0.5, 0.6) is 0 Å². The van der Waals surface area contributed by atoms with Gasteiger partial charge in [0.1, 0.15) is 5.82 Å². The average Bonchev–Trinajstić information content (AvgIpc) is 2.36. The molecule has 1 aliphatic rings. The normalized spacial score (nSPS) is 15.4. The van der Waals surface area contributed by atoms with Crippen LogP contribution in [-0.2, 0) is 4.74 Å². The van der Waals surface area contributed by atoms with Gasteiger partial charge in [-0.1, -0.05) is 19.9 Å². The zero-order valence-electron chi connectivity index (χ0n) is 10.3. The molecule has 0 unspecified atom stereocenters. The van der Waals surface area contributed by atoms with Crippen molar-refractivity contribution in [3.63, 3.8) is 0 Å². The van der Waals surface area contributed by atoms with Crippen molar-refractivity contribution in [1.82, 2.24) is 0 Å². The summed E-state index contributed by atoms with van der Waals surface area (Å²) in [4.78, 5) is 2.14. The van der Waals surface area contributed by atoms with Crippen LogP contribution in [0, 0.1) is 12.7 Å². The molecule has 0 N–H and O–H groups in total. The molecule has 0 bridgehead atoms. The number of ether oxygens (including phenoxy) is 1. The van der Waals surface area contributed by atoms with Crippen LogP contribution >= 0.6 is 0 Å². The fourth-order valence-electron chi connectivity index (χ4n) is 1.60. The van der Waals surface area contributed by atoms with E-state index in [1.165, 1.54) is 0 Å². The Bertz CT molecular complexity index is 322. The third kappa shape index (κ3) is 3.20. The highest BCUT2D eigenvalue weighted by atomic mass is 19.1. The first-order chi connectivity index (χ1) is 7.77. The lowest BCUT2D eigenvalue weighted by molar-refractivity contribution is 0.122. The Morgan fingerprint density at radius 1 is 1.19 bits per heavy atom. The molecule has 0 spiro atoms. The maximum atomic E-state index is 13.3. The molecule has 2 rings (SSSR count). The summed E-state index contributed by atoms with van der Waals surface area (Å²) in [6, 6.07) is 5.38. The molecular formula is C13H20FNO. The van der Waals surface area contributed by atoms with Gasteiger partial charge in [0.2, 0.25) is 0 Å². The van der Waals surface area contributed by atoms with Crippen LogP contribution in [-0.4, -0.2) is 26.3 Å². The van der Waals surface area contributed by atoms with E-state index in [2.05, 4.69) is 4.90 Å². The Hall–Kier alpha value is -1.09.